The fraction of sp³-hybridized carbons (Fsp3) is 0.429. The molecule has 2 aliphatic rings. The summed E-state index contributed by atoms with van der Waals surface area (Å²) in [7, 11) is 1.93. The monoisotopic (exact) mass is 353 g/mol. The minimum absolute atomic E-state index is 0.149. The number of hydrogen-bond donors (Lipinski definition) is 4. The fourth-order valence-electron chi connectivity index (χ4n) is 4.53. The van der Waals surface area contributed by atoms with Gasteiger partial charge in [-0.15, -0.1) is 0 Å². The van der Waals surface area contributed by atoms with Crippen LogP contribution in [0.5, 0.6) is 11.5 Å². The van der Waals surface area contributed by atoms with E-state index < -0.39 is 0 Å². The zero-order valence-corrected chi connectivity index (χ0v) is 15.2. The molecule has 1 fully saturated rings. The van der Waals surface area contributed by atoms with Gasteiger partial charge in [0.25, 0.3) is 0 Å². The Labute approximate surface area is 154 Å². The lowest BCUT2D eigenvalue weighted by molar-refractivity contribution is 0.157. The van der Waals surface area contributed by atoms with Crippen LogP contribution in [0.3, 0.4) is 0 Å². The Balaban J connectivity index is 1.69. The molecule has 4 rings (SSSR count). The molecule has 26 heavy (non-hydrogen) atoms. The molecule has 0 saturated carbocycles. The third-order valence-corrected chi connectivity index (χ3v) is 5.81. The van der Waals surface area contributed by atoms with Gasteiger partial charge in [0.1, 0.15) is 11.5 Å². The Bertz CT molecular complexity index is 787. The van der Waals surface area contributed by atoms with E-state index in [2.05, 4.69) is 39.8 Å². The first kappa shape index (κ1) is 17.2. The largest absolute Gasteiger partial charge is 0.508 e. The summed E-state index contributed by atoms with van der Waals surface area (Å²) in [5.74, 6) is 0.649. The molecule has 2 aromatic rings. The molecular formula is C21H27N3O2. The van der Waals surface area contributed by atoms with E-state index in [1.807, 2.05) is 13.1 Å². The predicted molar refractivity (Wildman–Crippen MR) is 104 cm³/mol. The van der Waals surface area contributed by atoms with E-state index in [1.54, 1.807) is 0 Å². The van der Waals surface area contributed by atoms with Crippen molar-refractivity contribution in [3.63, 3.8) is 0 Å². The van der Waals surface area contributed by atoms with Crippen LogP contribution >= 0.6 is 0 Å². The van der Waals surface area contributed by atoms with E-state index in [1.165, 1.54) is 11.6 Å². The molecule has 138 valence electrons. The van der Waals surface area contributed by atoms with Crippen LogP contribution in [0.15, 0.2) is 36.4 Å². The minimum Gasteiger partial charge on any atom is -0.508 e. The summed E-state index contributed by atoms with van der Waals surface area (Å²) in [5.41, 5.74) is 4.48. The van der Waals surface area contributed by atoms with Crippen LogP contribution in [0.1, 0.15) is 22.6 Å². The summed E-state index contributed by atoms with van der Waals surface area (Å²) in [5, 5.41) is 27.1. The van der Waals surface area contributed by atoms with Crippen LogP contribution in [0.25, 0.3) is 0 Å². The standard InChI is InChI=1S/C21H27N3O2/c1-22-15-4-2-3-14(9-15)10-18-17-11-16(25)12-21(26)19(17)13-20(18)24-7-5-23-6-8-24/h2-4,9,11-12,18,20,22-23,25-26H,5-8,10,13H2,1H3/t18-,20?/m0/s1. The number of rotatable bonds is 4. The minimum atomic E-state index is 0.149. The Morgan fingerprint density at radius 3 is 2.73 bits per heavy atom. The van der Waals surface area contributed by atoms with Crippen molar-refractivity contribution < 1.29 is 10.2 Å². The van der Waals surface area contributed by atoms with Crippen molar-refractivity contribution in [1.29, 1.82) is 0 Å². The van der Waals surface area contributed by atoms with Crippen LogP contribution in [-0.4, -0.2) is 54.4 Å². The highest BCUT2D eigenvalue weighted by Crippen LogP contribution is 2.44. The highest BCUT2D eigenvalue weighted by molar-refractivity contribution is 5.52. The van der Waals surface area contributed by atoms with Gasteiger partial charge in [-0.05, 0) is 47.7 Å². The van der Waals surface area contributed by atoms with E-state index >= 15 is 0 Å². The second-order valence-corrected chi connectivity index (χ2v) is 7.35. The number of nitrogens with zero attached hydrogens (tertiary/aromatic N) is 1. The summed E-state index contributed by atoms with van der Waals surface area (Å²) in [6.07, 6.45) is 1.75. The van der Waals surface area contributed by atoms with Crippen LogP contribution in [0, 0.1) is 0 Å². The number of hydrogen-bond acceptors (Lipinski definition) is 5. The molecule has 2 atom stereocenters. The molecule has 0 bridgehead atoms. The van der Waals surface area contributed by atoms with E-state index in [0.29, 0.717) is 6.04 Å². The van der Waals surface area contributed by atoms with E-state index in [9.17, 15) is 10.2 Å². The highest BCUT2D eigenvalue weighted by Gasteiger charge is 2.38. The molecule has 1 heterocycles. The number of anilines is 1. The molecule has 0 radical (unpaired) electrons. The first-order valence-electron chi connectivity index (χ1n) is 9.42. The molecule has 1 aliphatic heterocycles. The van der Waals surface area contributed by atoms with Crippen molar-refractivity contribution in [3.8, 4) is 11.5 Å². The zero-order chi connectivity index (χ0) is 18.1. The van der Waals surface area contributed by atoms with Gasteiger partial charge in [-0.1, -0.05) is 12.1 Å². The van der Waals surface area contributed by atoms with Crippen LogP contribution in [-0.2, 0) is 12.8 Å². The van der Waals surface area contributed by atoms with Gasteiger partial charge in [-0.3, -0.25) is 4.90 Å². The summed E-state index contributed by atoms with van der Waals surface area (Å²) in [6, 6.07) is 12.2. The summed E-state index contributed by atoms with van der Waals surface area (Å²) < 4.78 is 0. The van der Waals surface area contributed by atoms with Gasteiger partial charge < -0.3 is 20.8 Å². The number of aromatic hydroxyl groups is 2. The predicted octanol–water partition coefficient (Wildman–Crippen LogP) is 2.30. The number of piperazine rings is 1. The molecule has 2 aromatic carbocycles. The van der Waals surface area contributed by atoms with E-state index in [4.69, 9.17) is 0 Å². The molecular weight excluding hydrogens is 326 g/mol. The first-order chi connectivity index (χ1) is 12.7. The van der Waals surface area contributed by atoms with Gasteiger partial charge in [0, 0.05) is 56.9 Å². The SMILES string of the molecule is CNc1cccc(C[C@H]2c3cc(O)cc(O)c3CC2N2CCNCC2)c1. The number of phenols is 2. The Morgan fingerprint density at radius 2 is 1.96 bits per heavy atom. The molecule has 0 aromatic heterocycles. The maximum atomic E-state index is 10.4. The first-order valence-corrected chi connectivity index (χ1v) is 9.42. The van der Waals surface area contributed by atoms with Crippen molar-refractivity contribution in [2.75, 3.05) is 38.5 Å². The summed E-state index contributed by atoms with van der Waals surface area (Å²) in [4.78, 5) is 2.54. The molecule has 0 amide bonds. The zero-order valence-electron chi connectivity index (χ0n) is 15.2. The lowest BCUT2D eigenvalue weighted by Crippen LogP contribution is -2.50. The average molecular weight is 353 g/mol. The van der Waals surface area contributed by atoms with Gasteiger partial charge in [-0.25, -0.2) is 0 Å². The van der Waals surface area contributed by atoms with Crippen molar-refractivity contribution in [2.24, 2.45) is 0 Å². The summed E-state index contributed by atoms with van der Waals surface area (Å²) in [6.45, 7) is 4.06. The second-order valence-electron chi connectivity index (χ2n) is 7.35. The van der Waals surface area contributed by atoms with Crippen LogP contribution in [0.4, 0.5) is 5.69 Å². The van der Waals surface area contributed by atoms with Crippen molar-refractivity contribution >= 4 is 5.69 Å². The third kappa shape index (κ3) is 3.24. The number of phenolic OH excluding ortho intramolecular Hbond substituents is 2. The van der Waals surface area contributed by atoms with Gasteiger partial charge >= 0.3 is 0 Å². The summed E-state index contributed by atoms with van der Waals surface area (Å²) >= 11 is 0. The normalized spacial score (nSPS) is 23.0. The second kappa shape index (κ2) is 7.17. The van der Waals surface area contributed by atoms with E-state index in [0.717, 1.165) is 55.8 Å². The van der Waals surface area contributed by atoms with Crippen molar-refractivity contribution in [2.45, 2.75) is 24.8 Å². The molecule has 1 saturated heterocycles. The fourth-order valence-corrected chi connectivity index (χ4v) is 4.53. The topological polar surface area (TPSA) is 67.8 Å². The smallest absolute Gasteiger partial charge is 0.122 e. The van der Waals surface area contributed by atoms with E-state index in [-0.39, 0.29) is 17.4 Å². The molecule has 5 heteroatoms. The number of benzene rings is 2. The van der Waals surface area contributed by atoms with Gasteiger partial charge in [0.05, 0.1) is 0 Å². The quantitative estimate of drug-likeness (QED) is 0.679. The third-order valence-electron chi connectivity index (χ3n) is 5.81. The Morgan fingerprint density at radius 1 is 1.15 bits per heavy atom. The van der Waals surface area contributed by atoms with Crippen LogP contribution < -0.4 is 10.6 Å². The number of nitrogens with one attached hydrogen (secondary N) is 2. The molecule has 1 aliphatic carbocycles. The number of fused-ring (bicyclic) bond motifs is 1. The maximum Gasteiger partial charge on any atom is 0.122 e. The molecule has 5 nitrogen and oxygen atoms in total. The van der Waals surface area contributed by atoms with Crippen molar-refractivity contribution in [3.05, 3.63) is 53.1 Å². The lowest BCUT2D eigenvalue weighted by atomic mass is 9.89. The molecule has 1 unspecified atom stereocenters. The average Bonchev–Trinajstić information content (AvgIpc) is 3.01. The lowest BCUT2D eigenvalue weighted by Gasteiger charge is -2.36. The maximum absolute atomic E-state index is 10.4. The molecule has 0 spiro atoms. The van der Waals surface area contributed by atoms with Crippen molar-refractivity contribution in [1.82, 2.24) is 10.2 Å². The Hall–Kier alpha value is -2.24. The molecule has 4 N–H and O–H groups in total. The Kier molecular flexibility index (Phi) is 4.74. The van der Waals surface area contributed by atoms with Crippen LogP contribution in [0.2, 0.25) is 0 Å². The highest BCUT2D eigenvalue weighted by atomic mass is 16.3. The van der Waals surface area contributed by atoms with Gasteiger partial charge in [-0.2, -0.15) is 0 Å². The van der Waals surface area contributed by atoms with Gasteiger partial charge in [0.15, 0.2) is 0 Å². The van der Waals surface area contributed by atoms with Gasteiger partial charge in [0.2, 0.25) is 0 Å².